The number of aliphatic hydroxyl groups excluding tert-OH is 2. The van der Waals surface area contributed by atoms with E-state index in [1.165, 1.54) is 0 Å². The third-order valence-electron chi connectivity index (χ3n) is 3.24. The van der Waals surface area contributed by atoms with Gasteiger partial charge in [0.05, 0.1) is 0 Å². The minimum Gasteiger partial charge on any atom is -0.514 e. The first-order valence-electron chi connectivity index (χ1n) is 5.19. The van der Waals surface area contributed by atoms with E-state index in [0.717, 1.165) is 6.29 Å². The Balaban J connectivity index is 4.95. The summed E-state index contributed by atoms with van der Waals surface area (Å²) in [4.78, 5) is 10.2. The number of hydrogen-bond acceptors (Lipinski definition) is 3. The molecule has 3 nitrogen and oxygen atoms in total. The molecule has 2 N–H and O–H groups in total. The SMILES string of the molecule is CC(C)(C)[Si](C)(C)C(O)=C(O)CCC=O. The molecule has 0 rings (SSSR count). The Morgan fingerprint density at radius 3 is 2.07 bits per heavy atom. The molecule has 0 amide bonds. The summed E-state index contributed by atoms with van der Waals surface area (Å²) in [6.07, 6.45) is 1.24. The molecule has 0 bridgehead atoms. The van der Waals surface area contributed by atoms with Gasteiger partial charge in [-0.2, -0.15) is 0 Å². The Bertz CT molecular complexity index is 261. The van der Waals surface area contributed by atoms with Crippen LogP contribution in [-0.4, -0.2) is 24.6 Å². The molecule has 0 aliphatic carbocycles. The highest BCUT2D eigenvalue weighted by atomic mass is 28.3. The first kappa shape index (κ1) is 14.2. The molecule has 0 unspecified atom stereocenters. The second-order valence-corrected chi connectivity index (χ2v) is 10.6. The molecule has 0 aromatic carbocycles. The van der Waals surface area contributed by atoms with Gasteiger partial charge in [-0.05, 0) is 5.04 Å². The standard InChI is InChI=1S/C11H22O3Si/c1-11(2,3)15(4,5)10(14)9(13)7-6-8-12/h8,13-14H,6-7H2,1-5H3. The van der Waals surface area contributed by atoms with Gasteiger partial charge in [0, 0.05) is 12.8 Å². The van der Waals surface area contributed by atoms with E-state index in [1.807, 2.05) is 13.1 Å². The van der Waals surface area contributed by atoms with Crippen molar-refractivity contribution in [2.45, 2.75) is 51.7 Å². The Labute approximate surface area is 92.8 Å². The lowest BCUT2D eigenvalue weighted by Gasteiger charge is -2.36. The molecule has 15 heavy (non-hydrogen) atoms. The third kappa shape index (κ3) is 3.37. The molecule has 0 aromatic rings. The first-order valence-corrected chi connectivity index (χ1v) is 8.19. The monoisotopic (exact) mass is 230 g/mol. The van der Waals surface area contributed by atoms with E-state index in [9.17, 15) is 15.0 Å². The lowest BCUT2D eigenvalue weighted by Crippen LogP contribution is -2.40. The predicted octanol–water partition coefficient (Wildman–Crippen LogP) is 3.34. The maximum atomic E-state index is 10.2. The van der Waals surface area contributed by atoms with Gasteiger partial charge >= 0.3 is 0 Å². The molecule has 0 saturated carbocycles. The zero-order chi connectivity index (χ0) is 12.3. The number of carbonyl (C=O) groups excluding carboxylic acids is 1. The number of allylic oxidation sites excluding steroid dienone is 1. The normalized spacial score (nSPS) is 14.7. The number of aliphatic hydroxyl groups is 2. The van der Waals surface area contributed by atoms with Crippen LogP contribution in [0, 0.1) is 0 Å². The van der Waals surface area contributed by atoms with Crippen molar-refractivity contribution < 1.29 is 15.0 Å². The van der Waals surface area contributed by atoms with Crippen molar-refractivity contribution in [3.63, 3.8) is 0 Å². The van der Waals surface area contributed by atoms with Crippen LogP contribution in [0.15, 0.2) is 11.1 Å². The maximum absolute atomic E-state index is 10.2. The number of rotatable bonds is 4. The summed E-state index contributed by atoms with van der Waals surface area (Å²) in [7, 11) is -2.05. The minimum absolute atomic E-state index is 0.0197. The zero-order valence-corrected chi connectivity index (χ0v) is 11.3. The molecule has 0 aromatic heterocycles. The van der Waals surface area contributed by atoms with Gasteiger partial charge in [-0.3, -0.25) is 0 Å². The van der Waals surface area contributed by atoms with E-state index in [0.29, 0.717) is 0 Å². The van der Waals surface area contributed by atoms with Crippen LogP contribution in [0.5, 0.6) is 0 Å². The van der Waals surface area contributed by atoms with Crippen LogP contribution in [0.2, 0.25) is 18.1 Å². The van der Waals surface area contributed by atoms with Crippen molar-refractivity contribution in [3.05, 3.63) is 11.1 Å². The van der Waals surface area contributed by atoms with Crippen molar-refractivity contribution in [2.75, 3.05) is 0 Å². The Morgan fingerprint density at radius 2 is 1.73 bits per heavy atom. The summed E-state index contributed by atoms with van der Waals surface area (Å²) >= 11 is 0. The lowest BCUT2D eigenvalue weighted by molar-refractivity contribution is -0.107. The fourth-order valence-electron chi connectivity index (χ4n) is 1.03. The van der Waals surface area contributed by atoms with Crippen molar-refractivity contribution in [1.29, 1.82) is 0 Å². The van der Waals surface area contributed by atoms with Crippen molar-refractivity contribution in [1.82, 2.24) is 0 Å². The van der Waals surface area contributed by atoms with E-state index in [-0.39, 0.29) is 29.0 Å². The molecule has 0 aliphatic rings. The predicted molar refractivity (Wildman–Crippen MR) is 64.8 cm³/mol. The van der Waals surface area contributed by atoms with Gasteiger partial charge in [0.15, 0.2) is 0 Å². The smallest absolute Gasteiger partial charge is 0.135 e. The molecule has 0 atom stereocenters. The zero-order valence-electron chi connectivity index (χ0n) is 10.3. The molecule has 0 radical (unpaired) electrons. The second-order valence-electron chi connectivity index (χ2n) is 5.38. The van der Waals surface area contributed by atoms with Crippen molar-refractivity contribution in [3.8, 4) is 0 Å². The van der Waals surface area contributed by atoms with Crippen LogP contribution in [-0.2, 0) is 4.79 Å². The third-order valence-corrected chi connectivity index (χ3v) is 8.46. The Hall–Kier alpha value is -0.773. The van der Waals surface area contributed by atoms with Crippen LogP contribution in [0.25, 0.3) is 0 Å². The van der Waals surface area contributed by atoms with E-state index in [2.05, 4.69) is 20.8 Å². The van der Waals surface area contributed by atoms with Gasteiger partial charge in [0.2, 0.25) is 0 Å². The topological polar surface area (TPSA) is 57.5 Å². The number of aldehydes is 1. The highest BCUT2D eigenvalue weighted by Crippen LogP contribution is 2.40. The first-order chi connectivity index (χ1) is 6.64. The minimum atomic E-state index is -2.05. The molecule has 88 valence electrons. The summed E-state index contributed by atoms with van der Waals surface area (Å²) in [5.41, 5.74) is 0. The molecule has 0 heterocycles. The van der Waals surface area contributed by atoms with Gasteiger partial charge < -0.3 is 15.0 Å². The van der Waals surface area contributed by atoms with Crippen molar-refractivity contribution >= 4 is 14.4 Å². The number of carbonyl (C=O) groups is 1. The average molecular weight is 230 g/mol. The highest BCUT2D eigenvalue weighted by Gasteiger charge is 2.41. The van der Waals surface area contributed by atoms with Gasteiger partial charge in [-0.15, -0.1) is 0 Å². The summed E-state index contributed by atoms with van der Waals surface area (Å²) in [5, 5.41) is 19.7. The van der Waals surface area contributed by atoms with Gasteiger partial charge in [0.25, 0.3) is 0 Å². The second kappa shape index (κ2) is 4.83. The van der Waals surface area contributed by atoms with Gasteiger partial charge in [-0.25, -0.2) is 0 Å². The molecular formula is C11H22O3Si. The number of hydrogen-bond donors (Lipinski definition) is 2. The molecule has 0 fully saturated rings. The lowest BCUT2D eigenvalue weighted by atomic mass is 10.2. The van der Waals surface area contributed by atoms with Crippen LogP contribution in [0.1, 0.15) is 33.6 Å². The Morgan fingerprint density at radius 1 is 1.27 bits per heavy atom. The molecule has 4 heteroatoms. The van der Waals surface area contributed by atoms with E-state index in [4.69, 9.17) is 0 Å². The van der Waals surface area contributed by atoms with Crippen molar-refractivity contribution in [2.24, 2.45) is 0 Å². The van der Waals surface area contributed by atoms with Crippen LogP contribution < -0.4 is 0 Å². The fourth-order valence-corrected chi connectivity index (χ4v) is 2.59. The quantitative estimate of drug-likeness (QED) is 0.442. The highest BCUT2D eigenvalue weighted by molar-refractivity contribution is 6.86. The van der Waals surface area contributed by atoms with Crippen LogP contribution in [0.4, 0.5) is 0 Å². The molecular weight excluding hydrogens is 208 g/mol. The van der Waals surface area contributed by atoms with Crippen LogP contribution in [0.3, 0.4) is 0 Å². The van der Waals surface area contributed by atoms with E-state index >= 15 is 0 Å². The summed E-state index contributed by atoms with van der Waals surface area (Å²) < 4.78 is 0. The largest absolute Gasteiger partial charge is 0.514 e. The molecule has 0 saturated heterocycles. The maximum Gasteiger partial charge on any atom is 0.135 e. The van der Waals surface area contributed by atoms with Crippen LogP contribution >= 0.6 is 0 Å². The molecule has 0 aliphatic heterocycles. The summed E-state index contributed by atoms with van der Waals surface area (Å²) in [6.45, 7) is 10.2. The average Bonchev–Trinajstić information content (AvgIpc) is 2.10. The van der Waals surface area contributed by atoms with Gasteiger partial charge in [-0.1, -0.05) is 33.9 Å². The van der Waals surface area contributed by atoms with E-state index < -0.39 is 8.07 Å². The van der Waals surface area contributed by atoms with Gasteiger partial charge in [0.1, 0.15) is 25.5 Å². The molecule has 0 spiro atoms. The fraction of sp³-hybridized carbons (Fsp3) is 0.727. The van der Waals surface area contributed by atoms with E-state index in [1.54, 1.807) is 0 Å². The Kier molecular flexibility index (Phi) is 4.58. The summed E-state index contributed by atoms with van der Waals surface area (Å²) in [5.74, 6) is -0.0197. The summed E-state index contributed by atoms with van der Waals surface area (Å²) in [6, 6.07) is 0.